The summed E-state index contributed by atoms with van der Waals surface area (Å²) in [4.78, 5) is 37.4. The minimum Gasteiger partial charge on any atom is -0.507 e. The Hall–Kier alpha value is -4.96. The third-order valence-electron chi connectivity index (χ3n) is 13.8. The summed E-state index contributed by atoms with van der Waals surface area (Å²) < 4.78 is 2.03. The van der Waals surface area contributed by atoms with Crippen LogP contribution in [0.4, 0.5) is 5.82 Å². The lowest BCUT2D eigenvalue weighted by atomic mass is 9.85. The smallest absolute Gasteiger partial charge is 0.243 e. The number of unbranched alkanes of at least 4 members (excludes halogenated alkanes) is 10. The van der Waals surface area contributed by atoms with Gasteiger partial charge < -0.3 is 36.4 Å². The Morgan fingerprint density at radius 2 is 1.57 bits per heavy atom. The highest BCUT2D eigenvalue weighted by Gasteiger charge is 2.44. The molecule has 362 valence electrons. The highest BCUT2D eigenvalue weighted by Crippen LogP contribution is 2.34. The molecule has 67 heavy (non-hydrogen) atoms. The van der Waals surface area contributed by atoms with Crippen molar-refractivity contribution in [1.82, 2.24) is 45.4 Å². The first-order valence-corrected chi connectivity index (χ1v) is 25.7. The van der Waals surface area contributed by atoms with Gasteiger partial charge in [0.25, 0.3) is 0 Å². The van der Waals surface area contributed by atoms with Crippen molar-refractivity contribution >= 4 is 40.0 Å². The Morgan fingerprint density at radius 3 is 2.21 bits per heavy atom. The van der Waals surface area contributed by atoms with Crippen molar-refractivity contribution in [3.8, 4) is 27.4 Å². The summed E-state index contributed by atoms with van der Waals surface area (Å²) in [7, 11) is 0. The summed E-state index contributed by atoms with van der Waals surface area (Å²) in [5.74, 6) is 0.215. The summed E-state index contributed by atoms with van der Waals surface area (Å²) in [6.07, 6.45) is 15.0. The highest BCUT2D eigenvalue weighted by molar-refractivity contribution is 7.13. The van der Waals surface area contributed by atoms with Crippen LogP contribution in [0.15, 0.2) is 60.1 Å². The third-order valence-corrected chi connectivity index (χ3v) is 14.8. The SMILES string of the molecule is Cc1ncsc1-c1ccc(C(C)NC(=O)[C@@H]2C[C@@H](O)CN2C(=O)C(NCCCCCCCCCCCCCN2CCC(n3nc(N)c4nnc(-c5ccccc5O)cc43)CC2)C(C)(C)C)cc1. The van der Waals surface area contributed by atoms with Crippen LogP contribution >= 0.6 is 11.3 Å². The molecule has 5 heterocycles. The molecule has 2 amide bonds. The molecule has 14 nitrogen and oxygen atoms in total. The van der Waals surface area contributed by atoms with Gasteiger partial charge in [0.05, 0.1) is 51.5 Å². The number of thiazole rings is 1. The second-order valence-corrected chi connectivity index (χ2v) is 20.9. The maximum atomic E-state index is 14.1. The molecule has 0 aliphatic carbocycles. The molecule has 2 saturated heterocycles. The molecule has 4 atom stereocenters. The normalized spacial score (nSPS) is 18.1. The number of β-amino-alcohol motifs (C(OH)–C–C–N with tert-alkyl or cyclic N) is 1. The number of phenolic OH excluding ortho intramolecular Hbond substituents is 1. The van der Waals surface area contributed by atoms with Crippen LogP contribution in [0.2, 0.25) is 0 Å². The number of benzene rings is 2. The Bertz CT molecular complexity index is 2370. The van der Waals surface area contributed by atoms with E-state index in [1.807, 2.05) is 54.4 Å². The van der Waals surface area contributed by atoms with Crippen molar-refractivity contribution < 1.29 is 19.8 Å². The molecule has 2 aromatic carbocycles. The van der Waals surface area contributed by atoms with Crippen molar-refractivity contribution in [3.05, 3.63) is 71.4 Å². The van der Waals surface area contributed by atoms with Crippen LogP contribution in [-0.2, 0) is 9.59 Å². The van der Waals surface area contributed by atoms with Crippen molar-refractivity contribution in [1.29, 1.82) is 0 Å². The van der Waals surface area contributed by atoms with Gasteiger partial charge in [0.15, 0.2) is 11.3 Å². The van der Waals surface area contributed by atoms with E-state index in [-0.39, 0.29) is 48.0 Å². The van der Waals surface area contributed by atoms with Crippen LogP contribution in [-0.4, -0.2) is 108 Å². The van der Waals surface area contributed by atoms with E-state index in [2.05, 4.69) is 68.7 Å². The molecule has 2 unspecified atom stereocenters. The summed E-state index contributed by atoms with van der Waals surface area (Å²) >= 11 is 1.61. The summed E-state index contributed by atoms with van der Waals surface area (Å²) in [6.45, 7) is 14.2. The monoisotopic (exact) mass is 935 g/mol. The number of rotatable bonds is 22. The second kappa shape index (κ2) is 23.4. The van der Waals surface area contributed by atoms with Crippen molar-refractivity contribution in [3.63, 3.8) is 0 Å². The molecule has 6 N–H and O–H groups in total. The molecule has 15 heteroatoms. The summed E-state index contributed by atoms with van der Waals surface area (Å²) in [6, 6.07) is 16.1. The summed E-state index contributed by atoms with van der Waals surface area (Å²) in [5.41, 5.74) is 13.5. The lowest BCUT2D eigenvalue weighted by Crippen LogP contribution is -2.56. The van der Waals surface area contributed by atoms with E-state index in [0.29, 0.717) is 22.6 Å². The minimum atomic E-state index is -0.735. The predicted molar refractivity (Wildman–Crippen MR) is 269 cm³/mol. The van der Waals surface area contributed by atoms with Gasteiger partial charge in [-0.05, 0) is 87.4 Å². The predicted octanol–water partition coefficient (Wildman–Crippen LogP) is 8.98. The number of nitrogens with two attached hydrogens (primary N) is 1. The number of carbonyl (C=O) groups excluding carboxylic acids is 2. The number of hydrogen-bond donors (Lipinski definition) is 5. The number of piperidine rings is 1. The average Bonchev–Trinajstić information content (AvgIpc) is 4.03. The van der Waals surface area contributed by atoms with Crippen molar-refractivity contribution in [2.24, 2.45) is 5.41 Å². The van der Waals surface area contributed by atoms with E-state index in [1.54, 1.807) is 28.4 Å². The lowest BCUT2D eigenvalue weighted by Gasteiger charge is -2.35. The van der Waals surface area contributed by atoms with Crippen molar-refractivity contribution in [2.75, 3.05) is 38.5 Å². The van der Waals surface area contributed by atoms with Crippen LogP contribution < -0.4 is 16.4 Å². The number of likely N-dealkylation sites (tertiary alicyclic amines) is 2. The fourth-order valence-electron chi connectivity index (χ4n) is 9.87. The number of nitrogens with one attached hydrogen (secondary N) is 2. The molecule has 3 aromatic heterocycles. The molecular formula is C52H74N10O4S. The Balaban J connectivity index is 0.732. The van der Waals surface area contributed by atoms with Gasteiger partial charge in [-0.1, -0.05) is 115 Å². The maximum absolute atomic E-state index is 14.1. The van der Waals surface area contributed by atoms with Gasteiger partial charge in [-0.3, -0.25) is 14.3 Å². The fraction of sp³-hybridized carbons (Fsp3) is 0.577. The fourth-order valence-corrected chi connectivity index (χ4v) is 10.7. The molecule has 0 radical (unpaired) electrons. The zero-order valence-corrected chi connectivity index (χ0v) is 41.2. The third kappa shape index (κ3) is 13.0. The van der Waals surface area contributed by atoms with Gasteiger partial charge in [-0.15, -0.1) is 21.5 Å². The van der Waals surface area contributed by atoms with E-state index in [9.17, 15) is 19.8 Å². The van der Waals surface area contributed by atoms with Gasteiger partial charge in [0, 0.05) is 31.6 Å². The molecular weight excluding hydrogens is 861 g/mol. The quantitative estimate of drug-likeness (QED) is 0.0417. The van der Waals surface area contributed by atoms with Crippen LogP contribution in [0.1, 0.15) is 141 Å². The van der Waals surface area contributed by atoms with Gasteiger partial charge >= 0.3 is 0 Å². The van der Waals surface area contributed by atoms with E-state index < -0.39 is 18.2 Å². The van der Waals surface area contributed by atoms with Crippen LogP contribution in [0.3, 0.4) is 0 Å². The van der Waals surface area contributed by atoms with Crippen molar-refractivity contribution in [2.45, 2.75) is 155 Å². The Kier molecular flexibility index (Phi) is 17.4. The number of nitrogen functional groups attached to an aromatic ring is 1. The molecule has 5 aromatic rings. The number of nitrogens with zero attached hydrogens (tertiary/aromatic N) is 7. The molecule has 2 aliphatic rings. The first kappa shape index (κ1) is 49.9. The number of fused-ring (bicyclic) bond motifs is 1. The first-order chi connectivity index (χ1) is 32.3. The number of para-hydroxylation sites is 1. The zero-order valence-electron chi connectivity index (χ0n) is 40.4. The van der Waals surface area contributed by atoms with Gasteiger partial charge in [-0.2, -0.15) is 5.10 Å². The van der Waals surface area contributed by atoms with Gasteiger partial charge in [0.2, 0.25) is 11.8 Å². The number of aromatic hydroxyl groups is 1. The topological polar surface area (TPSA) is 188 Å². The number of anilines is 1. The summed E-state index contributed by atoms with van der Waals surface area (Å²) in [5, 5.41) is 41.1. The van der Waals surface area contributed by atoms with Crippen LogP contribution in [0.5, 0.6) is 5.75 Å². The molecule has 0 spiro atoms. The molecule has 2 aliphatic heterocycles. The molecule has 0 bridgehead atoms. The second-order valence-electron chi connectivity index (χ2n) is 20.0. The standard InChI is InChI=1S/C52H74N10O4S/c1-35(37-21-23-38(24-22-37)47-36(2)55-34-67-47)56-50(65)44-31-40(63)33-61(44)51(66)48(52(3,4)5)54-27-17-13-11-9-7-6-8-10-12-14-18-28-60-29-25-39(26-30-60)62-43-32-42(41-19-15-16-20-45(41)64)57-58-46(43)49(53)59-62/h15-16,19-24,32,34-35,39-40,44,48,54,63-64H,6-14,17-18,25-31,33H2,1-5H3,(H2,53,59)(H,56,65)/t35?,40-,44+,48?/m1/s1. The van der Waals surface area contributed by atoms with Gasteiger partial charge in [-0.25, -0.2) is 4.98 Å². The molecule has 2 fully saturated rings. The van der Waals surface area contributed by atoms with Crippen LogP contribution in [0, 0.1) is 12.3 Å². The largest absolute Gasteiger partial charge is 0.507 e. The Morgan fingerprint density at radius 1 is 0.910 bits per heavy atom. The van der Waals surface area contributed by atoms with E-state index >= 15 is 0 Å². The van der Waals surface area contributed by atoms with E-state index in [1.165, 1.54) is 57.8 Å². The number of hydrogen-bond acceptors (Lipinski definition) is 12. The number of aliphatic hydroxyl groups excluding tert-OH is 1. The number of aliphatic hydroxyl groups is 1. The number of aryl methyl sites for hydroxylation is 1. The number of phenols is 1. The number of carbonyl (C=O) groups is 2. The Labute approximate surface area is 401 Å². The maximum Gasteiger partial charge on any atom is 0.243 e. The molecule has 0 saturated carbocycles. The highest BCUT2D eigenvalue weighted by atomic mass is 32.1. The first-order valence-electron chi connectivity index (χ1n) is 24.8. The van der Waals surface area contributed by atoms with E-state index in [4.69, 9.17) is 5.73 Å². The lowest BCUT2D eigenvalue weighted by molar-refractivity contribution is -0.142. The molecule has 7 rings (SSSR count). The van der Waals surface area contributed by atoms with Crippen LogP contribution in [0.25, 0.3) is 32.7 Å². The number of amides is 2. The number of aromatic nitrogens is 5. The average molecular weight is 935 g/mol. The van der Waals surface area contributed by atoms with Gasteiger partial charge in [0.1, 0.15) is 11.8 Å². The van der Waals surface area contributed by atoms with E-state index in [0.717, 1.165) is 79.1 Å². The minimum absolute atomic E-state index is 0.119. The zero-order chi connectivity index (χ0) is 47.5.